The van der Waals surface area contributed by atoms with Crippen LogP contribution in [0.3, 0.4) is 0 Å². The summed E-state index contributed by atoms with van der Waals surface area (Å²) in [5.41, 5.74) is 10.4. The first-order valence-electron chi connectivity index (χ1n) is 12.6. The number of hydrogen-bond acceptors (Lipinski definition) is 7. The van der Waals surface area contributed by atoms with Crippen molar-refractivity contribution in [1.82, 2.24) is 5.32 Å². The molecule has 1 aliphatic rings. The lowest BCUT2D eigenvalue weighted by Gasteiger charge is -2.40. The van der Waals surface area contributed by atoms with Crippen LogP contribution in [0.2, 0.25) is 0 Å². The van der Waals surface area contributed by atoms with E-state index < -0.39 is 29.9 Å². The zero-order valence-corrected chi connectivity index (χ0v) is 22.2. The Morgan fingerprint density at radius 3 is 2.44 bits per heavy atom. The van der Waals surface area contributed by atoms with Crippen molar-refractivity contribution in [2.75, 3.05) is 19.3 Å². The van der Waals surface area contributed by atoms with E-state index in [1.54, 1.807) is 6.26 Å². The van der Waals surface area contributed by atoms with E-state index in [4.69, 9.17) is 10.5 Å². The molecular weight excluding hydrogens is 476 g/mol. The summed E-state index contributed by atoms with van der Waals surface area (Å²) in [7, 11) is 0. The predicted octanol–water partition coefficient (Wildman–Crippen LogP) is 2.46. The Kier molecular flexibility index (Phi) is 10.8. The lowest BCUT2D eigenvalue weighted by atomic mass is 9.91. The third kappa shape index (κ3) is 7.54. The van der Waals surface area contributed by atoms with Crippen LogP contribution >= 0.6 is 11.8 Å². The second-order valence-corrected chi connectivity index (χ2v) is 10.7. The number of carbonyl (C=O) groups excluding carboxylic acids is 1. The first-order valence-corrected chi connectivity index (χ1v) is 13.9. The number of ether oxygens (including phenoxy) is 1. The van der Waals surface area contributed by atoms with Crippen LogP contribution in [0.5, 0.6) is 0 Å². The average molecular weight is 517 g/mol. The van der Waals surface area contributed by atoms with Crippen molar-refractivity contribution in [3.05, 3.63) is 70.3 Å². The van der Waals surface area contributed by atoms with Crippen LogP contribution in [0.4, 0.5) is 0 Å². The van der Waals surface area contributed by atoms with Crippen molar-refractivity contribution in [2.45, 2.75) is 69.4 Å². The number of benzene rings is 2. The molecule has 7 nitrogen and oxygen atoms in total. The Balaban J connectivity index is 1.59. The number of aryl methyl sites for hydroxylation is 2. The van der Waals surface area contributed by atoms with Gasteiger partial charge in [-0.15, -0.1) is 11.8 Å². The number of amides is 1. The van der Waals surface area contributed by atoms with E-state index in [0.717, 1.165) is 41.5 Å². The molecule has 36 heavy (non-hydrogen) atoms. The molecule has 198 valence electrons. The summed E-state index contributed by atoms with van der Waals surface area (Å²) in [4.78, 5) is 12.0. The van der Waals surface area contributed by atoms with E-state index in [-0.39, 0.29) is 11.8 Å². The third-order valence-corrected chi connectivity index (χ3v) is 7.70. The van der Waals surface area contributed by atoms with Crippen LogP contribution in [0.15, 0.2) is 42.5 Å². The number of rotatable bonds is 11. The van der Waals surface area contributed by atoms with Gasteiger partial charge >= 0.3 is 0 Å². The first-order chi connectivity index (χ1) is 17.2. The van der Waals surface area contributed by atoms with Gasteiger partial charge in [-0.2, -0.15) is 0 Å². The fraction of sp³-hybridized carbons (Fsp3) is 0.536. The topological polar surface area (TPSA) is 125 Å². The molecule has 0 radical (unpaired) electrons. The van der Waals surface area contributed by atoms with Crippen molar-refractivity contribution in [3.63, 3.8) is 0 Å². The van der Waals surface area contributed by atoms with Crippen LogP contribution in [0, 0.1) is 12.8 Å². The van der Waals surface area contributed by atoms with Crippen molar-refractivity contribution < 1.29 is 24.9 Å². The molecule has 6 atom stereocenters. The van der Waals surface area contributed by atoms with Gasteiger partial charge in [0.1, 0.15) is 29.9 Å². The molecule has 6 N–H and O–H groups in total. The second kappa shape index (κ2) is 13.6. The summed E-state index contributed by atoms with van der Waals surface area (Å²) in [5.74, 6) is 0.359. The quantitative estimate of drug-likeness (QED) is 0.311. The molecule has 0 aromatic heterocycles. The fourth-order valence-corrected chi connectivity index (χ4v) is 5.00. The average Bonchev–Trinajstić information content (AvgIpc) is 2.88. The van der Waals surface area contributed by atoms with Crippen LogP contribution in [-0.4, -0.2) is 64.3 Å². The van der Waals surface area contributed by atoms with Crippen LogP contribution < -0.4 is 11.1 Å². The Labute approximate surface area is 218 Å². The Morgan fingerprint density at radius 2 is 1.78 bits per heavy atom. The summed E-state index contributed by atoms with van der Waals surface area (Å²) in [6, 6.07) is 14.4. The fourth-order valence-electron chi connectivity index (χ4n) is 4.33. The van der Waals surface area contributed by atoms with E-state index in [1.807, 2.05) is 32.0 Å². The molecule has 8 heteroatoms. The smallest absolute Gasteiger partial charge is 0.220 e. The number of nitrogens with one attached hydrogen (secondary N) is 1. The zero-order valence-electron chi connectivity index (χ0n) is 21.4. The minimum atomic E-state index is -1.26. The maximum Gasteiger partial charge on any atom is 0.220 e. The molecule has 0 bridgehead atoms. The summed E-state index contributed by atoms with van der Waals surface area (Å²) >= 11 is 1.31. The number of nitrogens with two attached hydrogens (primary N) is 1. The number of carbonyl (C=O) groups is 1. The van der Waals surface area contributed by atoms with E-state index >= 15 is 0 Å². The number of hydrogen-bond donors (Lipinski definition) is 5. The highest BCUT2D eigenvalue weighted by molar-refractivity contribution is 7.99. The maximum absolute atomic E-state index is 12.0. The van der Waals surface area contributed by atoms with E-state index in [9.17, 15) is 20.1 Å². The number of thioether (sulfide) groups is 1. The summed E-state index contributed by atoms with van der Waals surface area (Å²) in [6.07, 6.45) is 0.357. The van der Waals surface area contributed by atoms with Crippen molar-refractivity contribution in [2.24, 2.45) is 11.7 Å². The molecule has 0 spiro atoms. The standard InChI is InChI=1S/C28H40N2O5S/c1-17(15-29)16-30-23(31)6-4-5-19-8-10-20(11-9-19)13-22-14-21(12-7-18(22)2)27-25(33)24(32)26(34)28(35-27)36-3/h7-12,14,17,24-28,32-34H,4-6,13,15-16,29H2,1-3H3,(H,30,31)/t17?,24-,25-,26+,27+,28-/m1/s1. The van der Waals surface area contributed by atoms with Gasteiger partial charge in [-0.1, -0.05) is 49.4 Å². The van der Waals surface area contributed by atoms with E-state index in [2.05, 4.69) is 29.6 Å². The molecule has 1 heterocycles. The van der Waals surface area contributed by atoms with Crippen LogP contribution in [0.1, 0.15) is 53.7 Å². The van der Waals surface area contributed by atoms with Crippen LogP contribution in [-0.2, 0) is 22.4 Å². The van der Waals surface area contributed by atoms with Gasteiger partial charge in [0.25, 0.3) is 0 Å². The Morgan fingerprint density at radius 1 is 1.08 bits per heavy atom. The Hall–Kier alpha value is -1.94. The zero-order chi connectivity index (χ0) is 26.2. The van der Waals surface area contributed by atoms with Crippen LogP contribution in [0.25, 0.3) is 0 Å². The van der Waals surface area contributed by atoms with Gasteiger partial charge in [0.05, 0.1) is 0 Å². The van der Waals surface area contributed by atoms with Gasteiger partial charge in [-0.05, 0) is 72.7 Å². The monoisotopic (exact) mass is 516 g/mol. The molecule has 1 saturated heterocycles. The maximum atomic E-state index is 12.0. The number of aliphatic hydroxyl groups is 3. The molecule has 1 unspecified atom stereocenters. The molecular formula is C28H40N2O5S. The molecule has 2 aromatic rings. The normalized spacial score (nSPS) is 24.9. The molecule has 1 amide bonds. The van der Waals surface area contributed by atoms with E-state index in [0.29, 0.717) is 19.5 Å². The molecule has 0 saturated carbocycles. The molecule has 3 rings (SSSR count). The molecule has 1 fully saturated rings. The number of aliphatic hydroxyl groups excluding tert-OH is 3. The minimum Gasteiger partial charge on any atom is -0.387 e. The van der Waals surface area contributed by atoms with E-state index in [1.165, 1.54) is 17.3 Å². The van der Waals surface area contributed by atoms with Gasteiger partial charge in [-0.25, -0.2) is 0 Å². The highest BCUT2D eigenvalue weighted by Crippen LogP contribution is 2.36. The van der Waals surface area contributed by atoms with Crippen molar-refractivity contribution in [1.29, 1.82) is 0 Å². The Bertz CT molecular complexity index is 984. The summed E-state index contributed by atoms with van der Waals surface area (Å²) in [6.45, 7) is 5.26. The lowest BCUT2D eigenvalue weighted by Crippen LogP contribution is -2.52. The highest BCUT2D eigenvalue weighted by atomic mass is 32.2. The summed E-state index contributed by atoms with van der Waals surface area (Å²) in [5, 5.41) is 33.9. The van der Waals surface area contributed by atoms with Gasteiger partial charge in [0.2, 0.25) is 5.91 Å². The van der Waals surface area contributed by atoms with Crippen molar-refractivity contribution >= 4 is 17.7 Å². The predicted molar refractivity (Wildman–Crippen MR) is 144 cm³/mol. The van der Waals surface area contributed by atoms with Gasteiger partial charge in [0, 0.05) is 13.0 Å². The largest absolute Gasteiger partial charge is 0.387 e. The van der Waals surface area contributed by atoms with Gasteiger partial charge < -0.3 is 31.1 Å². The second-order valence-electron chi connectivity index (χ2n) is 9.81. The molecule has 1 aliphatic heterocycles. The van der Waals surface area contributed by atoms with Gasteiger partial charge in [-0.3, -0.25) is 4.79 Å². The SMILES string of the molecule is CS[C@H]1O[C@@H](c2ccc(C)c(Cc3ccc(CCCC(=O)NCC(C)CN)cc3)c2)[C@H](O)[C@@H](O)[C@@H]1O. The third-order valence-electron chi connectivity index (χ3n) is 6.84. The highest BCUT2D eigenvalue weighted by Gasteiger charge is 2.44. The first kappa shape index (κ1) is 28.6. The molecule has 0 aliphatic carbocycles. The summed E-state index contributed by atoms with van der Waals surface area (Å²) < 4.78 is 5.93. The van der Waals surface area contributed by atoms with Crippen molar-refractivity contribution in [3.8, 4) is 0 Å². The molecule has 2 aromatic carbocycles. The van der Waals surface area contributed by atoms with Gasteiger partial charge in [0.15, 0.2) is 0 Å². The lowest BCUT2D eigenvalue weighted by molar-refractivity contribution is -0.200. The minimum absolute atomic E-state index is 0.0696.